The van der Waals surface area contributed by atoms with Crippen LogP contribution in [0, 0.1) is 0 Å². The summed E-state index contributed by atoms with van der Waals surface area (Å²) in [6, 6.07) is 159. The third-order valence-electron chi connectivity index (χ3n) is 25.6. The number of nitrogens with zero attached hydrogens (tertiary/aromatic N) is 8. The van der Waals surface area contributed by atoms with E-state index in [9.17, 15) is 0 Å². The van der Waals surface area contributed by atoms with Gasteiger partial charge in [0.2, 0.25) is 22.9 Å². The highest BCUT2D eigenvalue weighted by Gasteiger charge is 2.25. The number of para-hydroxylation sites is 4. The van der Waals surface area contributed by atoms with Gasteiger partial charge in [0.25, 0.3) is 0 Å². The minimum Gasteiger partial charge on any atom is -0.438 e. The first-order chi connectivity index (χ1) is 67.3. The van der Waals surface area contributed by atoms with Crippen molar-refractivity contribution < 1.29 is 17.7 Å². The molecular weight excluding hydrogens is 1670 g/mol. The fourth-order valence-electron chi connectivity index (χ4n) is 18.7. The van der Waals surface area contributed by atoms with Gasteiger partial charge in [-0.2, -0.15) is 19.9 Å². The van der Waals surface area contributed by atoms with Crippen LogP contribution in [0.15, 0.2) is 479 Å². The predicted octanol–water partition coefficient (Wildman–Crippen LogP) is 32.8. The summed E-state index contributed by atoms with van der Waals surface area (Å²) < 4.78 is 25.5. The lowest BCUT2D eigenvalue weighted by atomic mass is 9.96. The Labute approximate surface area is 781 Å². The summed E-state index contributed by atoms with van der Waals surface area (Å²) in [6.45, 7) is 0. The zero-order valence-electron chi connectivity index (χ0n) is 73.1. The summed E-state index contributed by atoms with van der Waals surface area (Å²) in [5.41, 5.74) is 34.4. The number of benzene rings is 18. The Morgan fingerprint density at radius 3 is 0.522 bits per heavy atom. The predicted molar refractivity (Wildman–Crippen MR) is 551 cm³/mol. The summed E-state index contributed by atoms with van der Waals surface area (Å²) in [5.74, 6) is 2.44. The van der Waals surface area contributed by atoms with Crippen LogP contribution in [0.25, 0.3) is 268 Å². The van der Waals surface area contributed by atoms with Gasteiger partial charge in [-0.1, -0.05) is 425 Å². The van der Waals surface area contributed by atoms with Crippen molar-refractivity contribution in [2.24, 2.45) is 0 Å². The Morgan fingerprint density at radius 1 is 0.118 bits per heavy atom. The third kappa shape index (κ3) is 15.0. The fraction of sp³-hybridized carbons (Fsp3) is 0. The summed E-state index contributed by atoms with van der Waals surface area (Å²) >= 11 is 0. The molecule has 8 aromatic heterocycles. The number of aromatic nitrogens is 8. The van der Waals surface area contributed by atoms with E-state index in [0.717, 1.165) is 205 Å². The van der Waals surface area contributed by atoms with Crippen LogP contribution >= 0.6 is 0 Å². The van der Waals surface area contributed by atoms with Crippen LogP contribution in [0.5, 0.6) is 0 Å². The average Bonchev–Trinajstić information content (AvgIpc) is 1.60. The zero-order chi connectivity index (χ0) is 89.9. The molecule has 0 aliphatic heterocycles. The van der Waals surface area contributed by atoms with Gasteiger partial charge in [-0.15, -0.1) is 0 Å². The first-order valence-electron chi connectivity index (χ1n) is 45.4. The van der Waals surface area contributed by atoms with Crippen molar-refractivity contribution in [3.8, 4) is 180 Å². The van der Waals surface area contributed by atoms with Gasteiger partial charge in [-0.3, -0.25) is 0 Å². The van der Waals surface area contributed by atoms with Crippen molar-refractivity contribution in [2.75, 3.05) is 0 Å². The molecule has 26 rings (SSSR count). The van der Waals surface area contributed by atoms with Gasteiger partial charge in [-0.25, -0.2) is 19.9 Å². The Morgan fingerprint density at radius 2 is 0.279 bits per heavy atom. The van der Waals surface area contributed by atoms with E-state index in [1.165, 1.54) is 16.7 Å². The van der Waals surface area contributed by atoms with E-state index < -0.39 is 0 Å². The molecule has 0 unspecified atom stereocenters. The maximum absolute atomic E-state index is 6.40. The first kappa shape index (κ1) is 79.6. The maximum atomic E-state index is 6.40. The number of hydrogen-bond donors (Lipinski definition) is 0. The maximum Gasteiger partial charge on any atom is 0.231 e. The zero-order valence-corrected chi connectivity index (χ0v) is 73.1. The van der Waals surface area contributed by atoms with Gasteiger partial charge >= 0.3 is 0 Å². The molecule has 0 spiro atoms. The Balaban J connectivity index is 0.000000145. The molecule has 0 radical (unpaired) electrons. The van der Waals surface area contributed by atoms with Crippen LogP contribution in [0.3, 0.4) is 0 Å². The summed E-state index contributed by atoms with van der Waals surface area (Å²) in [7, 11) is 0. The van der Waals surface area contributed by atoms with Gasteiger partial charge < -0.3 is 17.7 Å². The quantitative estimate of drug-likeness (QED) is 0.0904. The molecule has 0 saturated heterocycles. The summed E-state index contributed by atoms with van der Waals surface area (Å²) in [4.78, 5) is 40.9. The molecule has 12 nitrogen and oxygen atoms in total. The van der Waals surface area contributed by atoms with Gasteiger partial charge in [0.15, 0.2) is 23.3 Å². The normalized spacial score (nSPS) is 11.5. The molecule has 0 saturated carbocycles. The number of fused-ring (bicyclic) bond motifs is 12. The molecule has 0 amide bonds. The van der Waals surface area contributed by atoms with E-state index >= 15 is 0 Å². The van der Waals surface area contributed by atoms with Crippen LogP contribution in [0.1, 0.15) is 0 Å². The first-order valence-corrected chi connectivity index (χ1v) is 45.4. The minimum atomic E-state index is 0.562. The van der Waals surface area contributed by atoms with Gasteiger partial charge in [0.1, 0.15) is 22.3 Å². The van der Waals surface area contributed by atoms with Crippen molar-refractivity contribution in [2.45, 2.75) is 0 Å². The molecule has 0 aliphatic rings. The smallest absolute Gasteiger partial charge is 0.231 e. The fourth-order valence-corrected chi connectivity index (χ4v) is 18.7. The second-order valence-corrected chi connectivity index (χ2v) is 33.9. The largest absolute Gasteiger partial charge is 0.438 e. The number of rotatable bonds is 16. The molecule has 26 aromatic rings. The van der Waals surface area contributed by atoms with E-state index in [-0.39, 0.29) is 0 Å². The second-order valence-electron chi connectivity index (χ2n) is 33.9. The molecule has 8 heterocycles. The molecule has 0 N–H and O–H groups in total. The molecule has 0 aliphatic carbocycles. The highest BCUT2D eigenvalue weighted by Crippen LogP contribution is 2.45. The second kappa shape index (κ2) is 34.1. The minimum absolute atomic E-state index is 0.562. The summed E-state index contributed by atoms with van der Waals surface area (Å²) in [5, 5.41) is 7.59. The topological polar surface area (TPSA) is 156 Å². The van der Waals surface area contributed by atoms with Gasteiger partial charge in [0, 0.05) is 66.1 Å². The SMILES string of the molecule is c1ccc(-c2ccc(-c3nc(-c4ccc(-c5ccc(-c6ccc(-c7nc(-c8ccc(-c9ccccc9)cc8)c8c(n7)oc7ccccc78)cc6)cc5)cc4)c4c(n3)oc3ccccc34)cc2)cc1.c1ccc(-c2ccc(-c3nc(-c4ccc(-c5cccc(-c6cccc(-c7nc(-c8ccc(-c9ccccc9)cc8)c8c(n7)oc7ccccc78)c6)c5)cc4)c4c(n3)oc3ccccc34)cc2)cc1. The molecule has 136 heavy (non-hydrogen) atoms. The van der Waals surface area contributed by atoms with Crippen molar-refractivity contribution in [1.29, 1.82) is 0 Å². The molecule has 18 aromatic carbocycles. The van der Waals surface area contributed by atoms with Gasteiger partial charge in [-0.05, 0) is 125 Å². The van der Waals surface area contributed by atoms with Crippen molar-refractivity contribution >= 4 is 88.3 Å². The lowest BCUT2D eigenvalue weighted by Crippen LogP contribution is -1.94. The highest BCUT2D eigenvalue weighted by atomic mass is 16.4. The van der Waals surface area contributed by atoms with Crippen molar-refractivity contribution in [1.82, 2.24) is 39.9 Å². The van der Waals surface area contributed by atoms with Crippen LogP contribution < -0.4 is 0 Å². The van der Waals surface area contributed by atoms with Crippen LogP contribution in [0.4, 0.5) is 0 Å². The van der Waals surface area contributed by atoms with E-state index in [0.29, 0.717) is 46.2 Å². The monoisotopic (exact) mass is 1740 g/mol. The van der Waals surface area contributed by atoms with Crippen LogP contribution in [-0.4, -0.2) is 39.9 Å². The molecular formula is C124H76N8O4. The summed E-state index contributed by atoms with van der Waals surface area (Å²) in [6.07, 6.45) is 0. The molecule has 0 atom stereocenters. The average molecular weight is 1740 g/mol. The Kier molecular flexibility index (Phi) is 20.0. The lowest BCUT2D eigenvalue weighted by Gasteiger charge is -2.11. The number of furan rings is 4. The lowest BCUT2D eigenvalue weighted by molar-refractivity contribution is 0.653. The van der Waals surface area contributed by atoms with E-state index in [1.807, 2.05) is 97.1 Å². The van der Waals surface area contributed by atoms with Gasteiger partial charge in [0.05, 0.1) is 44.3 Å². The van der Waals surface area contributed by atoms with Crippen molar-refractivity contribution in [3.05, 3.63) is 461 Å². The third-order valence-corrected chi connectivity index (χ3v) is 25.6. The van der Waals surface area contributed by atoms with E-state index in [2.05, 4.69) is 364 Å². The van der Waals surface area contributed by atoms with Crippen molar-refractivity contribution in [3.63, 3.8) is 0 Å². The molecule has 12 heteroatoms. The highest BCUT2D eigenvalue weighted by molar-refractivity contribution is 6.14. The molecule has 0 bridgehead atoms. The van der Waals surface area contributed by atoms with E-state index in [4.69, 9.17) is 57.5 Å². The van der Waals surface area contributed by atoms with Crippen LogP contribution in [0.2, 0.25) is 0 Å². The van der Waals surface area contributed by atoms with E-state index in [1.54, 1.807) is 0 Å². The van der Waals surface area contributed by atoms with Crippen LogP contribution in [-0.2, 0) is 0 Å². The number of hydrogen-bond acceptors (Lipinski definition) is 12. The Hall–Kier alpha value is -18.5. The Bertz CT molecular complexity index is 9000. The standard InChI is InChI=1S/2C62H38N4O2/c1-3-13-39(14-4-1)41-25-31-44(32-26-41)58-56-52-22-8-10-24-54(52)68-62(56)66-60(64-58)50-20-12-19-49(38-50)48-18-11-17-47(37-48)43-27-33-45(34-28-43)57-55-51-21-7-9-23-53(51)67-61(55)65-59(63-57)46-35-29-42(30-36-46)40-15-5-2-6-16-40;1-3-11-39(12-4-1)41-23-31-47(32-24-41)57-55-51-15-7-9-17-53(51)67-61(55)66-60(63-57)50-37-29-46(30-38-50)44-21-19-43(20-22-44)45-25-33-48(34-26-45)58-56-52-16-8-10-18-54(52)68-62(56)65-59(64-58)49-35-27-42(28-36-49)40-13-5-2-6-14-40/h2*1-38H. The molecule has 0 fully saturated rings. The molecule has 636 valence electrons.